The molecule has 4 N–H and O–H groups in total. The molecule has 0 aliphatic carbocycles. The lowest BCUT2D eigenvalue weighted by Crippen LogP contribution is -2.45. The molecule has 4 rings (SSSR count). The molecule has 0 unspecified atom stereocenters. The van der Waals surface area contributed by atoms with Crippen LogP contribution in [0.25, 0.3) is 22.2 Å². The second-order valence-corrected chi connectivity index (χ2v) is 7.26. The second kappa shape index (κ2) is 8.24. The smallest absolute Gasteiger partial charge is 0.251 e. The predicted molar refractivity (Wildman–Crippen MR) is 116 cm³/mol. The molecule has 7 heteroatoms. The number of nitrogens with zero attached hydrogens (tertiary/aromatic N) is 2. The molecule has 1 atom stereocenters. The van der Waals surface area contributed by atoms with Crippen LogP contribution in [0.3, 0.4) is 0 Å². The fraction of sp³-hybridized carbons (Fsp3) is 0.174. The van der Waals surface area contributed by atoms with Crippen molar-refractivity contribution in [3.05, 3.63) is 78.4 Å². The van der Waals surface area contributed by atoms with Gasteiger partial charge in [-0.25, -0.2) is 0 Å². The number of carbonyl (C=O) groups is 2. The number of aromatic amines is 1. The Morgan fingerprint density at radius 1 is 1.17 bits per heavy atom. The van der Waals surface area contributed by atoms with E-state index in [1.807, 2.05) is 60.3 Å². The maximum Gasteiger partial charge on any atom is 0.251 e. The van der Waals surface area contributed by atoms with E-state index >= 15 is 0 Å². The van der Waals surface area contributed by atoms with Crippen molar-refractivity contribution in [3.8, 4) is 11.3 Å². The maximum absolute atomic E-state index is 12.8. The first-order valence-electron chi connectivity index (χ1n) is 9.76. The Kier molecular flexibility index (Phi) is 5.34. The Labute approximate surface area is 173 Å². The van der Waals surface area contributed by atoms with Crippen LogP contribution in [-0.2, 0) is 11.3 Å². The molecule has 0 bridgehead atoms. The topological polar surface area (TPSA) is 106 Å². The number of fused-ring (bicyclic) bond motifs is 1. The molecule has 3 heterocycles. The van der Waals surface area contributed by atoms with Gasteiger partial charge in [-0.1, -0.05) is 0 Å². The Hall–Kier alpha value is -3.87. The van der Waals surface area contributed by atoms with E-state index in [-0.39, 0.29) is 5.91 Å². The standard InChI is InChI=1S/C23H23N5O2/c1-15-18-14-17(4-5-19(18)26-21(15)16-6-9-25-10-7-16)23(30)27-20(22(24)29)8-13-28-11-2-3-12-28/h2-7,9-12,14,20,26H,8,13H2,1H3,(H2,24,29)(H,27,30)/t20-/m0/s1. The molecule has 0 saturated carbocycles. The summed E-state index contributed by atoms with van der Waals surface area (Å²) in [7, 11) is 0. The van der Waals surface area contributed by atoms with Gasteiger partial charge in [0, 0.05) is 59.1 Å². The maximum atomic E-state index is 12.8. The molecule has 4 aromatic rings. The average Bonchev–Trinajstić information content (AvgIpc) is 3.39. The monoisotopic (exact) mass is 401 g/mol. The minimum absolute atomic E-state index is 0.320. The number of hydrogen-bond acceptors (Lipinski definition) is 3. The van der Waals surface area contributed by atoms with Crippen LogP contribution in [0.4, 0.5) is 0 Å². The second-order valence-electron chi connectivity index (χ2n) is 7.26. The third-order valence-corrected chi connectivity index (χ3v) is 5.28. The fourth-order valence-electron chi connectivity index (χ4n) is 3.60. The summed E-state index contributed by atoms with van der Waals surface area (Å²) in [5.41, 5.74) is 10.0. The van der Waals surface area contributed by atoms with Gasteiger partial charge in [0.05, 0.1) is 0 Å². The summed E-state index contributed by atoms with van der Waals surface area (Å²) in [6.07, 6.45) is 7.73. The highest BCUT2D eigenvalue weighted by Gasteiger charge is 2.20. The van der Waals surface area contributed by atoms with Crippen LogP contribution in [0.2, 0.25) is 0 Å². The van der Waals surface area contributed by atoms with Crippen LogP contribution < -0.4 is 11.1 Å². The summed E-state index contributed by atoms with van der Waals surface area (Å²) in [6, 6.07) is 12.4. The summed E-state index contributed by atoms with van der Waals surface area (Å²) in [5.74, 6) is -0.867. The number of aryl methyl sites for hydroxylation is 2. The Bertz CT molecular complexity index is 1180. The number of aromatic nitrogens is 3. The summed E-state index contributed by atoms with van der Waals surface area (Å²) in [5, 5.41) is 3.73. The summed E-state index contributed by atoms with van der Waals surface area (Å²) < 4.78 is 1.94. The fourth-order valence-corrected chi connectivity index (χ4v) is 3.60. The molecule has 1 aromatic carbocycles. The first-order chi connectivity index (χ1) is 14.5. The first-order valence-corrected chi connectivity index (χ1v) is 9.76. The number of rotatable bonds is 7. The van der Waals surface area contributed by atoms with Crippen molar-refractivity contribution in [1.82, 2.24) is 19.9 Å². The highest BCUT2D eigenvalue weighted by Crippen LogP contribution is 2.29. The van der Waals surface area contributed by atoms with E-state index < -0.39 is 11.9 Å². The van der Waals surface area contributed by atoms with E-state index in [1.165, 1.54) is 0 Å². The van der Waals surface area contributed by atoms with Crippen molar-refractivity contribution >= 4 is 22.7 Å². The Morgan fingerprint density at radius 2 is 1.90 bits per heavy atom. The van der Waals surface area contributed by atoms with E-state index in [0.29, 0.717) is 18.5 Å². The number of nitrogens with two attached hydrogens (primary N) is 1. The summed E-state index contributed by atoms with van der Waals surface area (Å²) in [6.45, 7) is 2.60. The largest absolute Gasteiger partial charge is 0.368 e. The molecule has 0 aliphatic rings. The third kappa shape index (κ3) is 3.96. The molecule has 0 fully saturated rings. The highest BCUT2D eigenvalue weighted by molar-refractivity contribution is 6.01. The number of pyridine rings is 1. The number of hydrogen-bond donors (Lipinski definition) is 3. The number of benzene rings is 1. The predicted octanol–water partition coefficient (Wildman–Crippen LogP) is 3.01. The Morgan fingerprint density at radius 3 is 2.60 bits per heavy atom. The van der Waals surface area contributed by atoms with E-state index in [4.69, 9.17) is 5.73 Å². The van der Waals surface area contributed by atoms with Gasteiger partial charge in [-0.2, -0.15) is 0 Å². The van der Waals surface area contributed by atoms with Crippen LogP contribution in [0.15, 0.2) is 67.3 Å². The first kappa shape index (κ1) is 19.4. The van der Waals surface area contributed by atoms with Gasteiger partial charge in [-0.05, 0) is 61.4 Å². The normalized spacial score (nSPS) is 12.0. The molecule has 7 nitrogen and oxygen atoms in total. The molecule has 30 heavy (non-hydrogen) atoms. The minimum Gasteiger partial charge on any atom is -0.368 e. The van der Waals surface area contributed by atoms with Crippen LogP contribution >= 0.6 is 0 Å². The molecular formula is C23H23N5O2. The van der Waals surface area contributed by atoms with Gasteiger partial charge in [-0.15, -0.1) is 0 Å². The molecule has 0 radical (unpaired) electrons. The van der Waals surface area contributed by atoms with Crippen LogP contribution in [-0.4, -0.2) is 32.4 Å². The number of H-pyrrole nitrogens is 1. The quantitative estimate of drug-likeness (QED) is 0.443. The van der Waals surface area contributed by atoms with Crippen molar-refractivity contribution in [3.63, 3.8) is 0 Å². The average molecular weight is 401 g/mol. The summed E-state index contributed by atoms with van der Waals surface area (Å²) >= 11 is 0. The zero-order chi connectivity index (χ0) is 21.1. The van der Waals surface area contributed by atoms with Gasteiger partial charge in [0.25, 0.3) is 5.91 Å². The SMILES string of the molecule is Cc1c(-c2ccncc2)[nH]c2ccc(C(=O)N[C@@H](CCn3cccc3)C(N)=O)cc12. The molecule has 0 saturated heterocycles. The van der Waals surface area contributed by atoms with Gasteiger partial charge >= 0.3 is 0 Å². The van der Waals surface area contributed by atoms with Gasteiger partial charge in [0.1, 0.15) is 6.04 Å². The Balaban J connectivity index is 1.55. The van der Waals surface area contributed by atoms with Gasteiger partial charge in [0.15, 0.2) is 0 Å². The molecule has 0 spiro atoms. The lowest BCUT2D eigenvalue weighted by molar-refractivity contribution is -0.120. The minimum atomic E-state index is -0.740. The van der Waals surface area contributed by atoms with E-state index in [1.54, 1.807) is 18.5 Å². The molecule has 3 aromatic heterocycles. The third-order valence-electron chi connectivity index (χ3n) is 5.28. The van der Waals surface area contributed by atoms with Crippen molar-refractivity contribution in [2.75, 3.05) is 0 Å². The summed E-state index contributed by atoms with van der Waals surface area (Å²) in [4.78, 5) is 32.1. The van der Waals surface area contributed by atoms with Crippen LogP contribution in [0.5, 0.6) is 0 Å². The van der Waals surface area contributed by atoms with Gasteiger partial charge < -0.3 is 20.6 Å². The highest BCUT2D eigenvalue weighted by atomic mass is 16.2. The zero-order valence-corrected chi connectivity index (χ0v) is 16.6. The van der Waals surface area contributed by atoms with Crippen molar-refractivity contribution < 1.29 is 9.59 Å². The zero-order valence-electron chi connectivity index (χ0n) is 16.6. The van der Waals surface area contributed by atoms with Crippen molar-refractivity contribution in [2.24, 2.45) is 5.73 Å². The lowest BCUT2D eigenvalue weighted by Gasteiger charge is -2.16. The van der Waals surface area contributed by atoms with E-state index in [0.717, 1.165) is 27.7 Å². The molecule has 2 amide bonds. The van der Waals surface area contributed by atoms with Gasteiger partial charge in [0.2, 0.25) is 5.91 Å². The molecular weight excluding hydrogens is 378 g/mol. The van der Waals surface area contributed by atoms with Crippen LogP contribution in [0, 0.1) is 6.92 Å². The van der Waals surface area contributed by atoms with Gasteiger partial charge in [-0.3, -0.25) is 14.6 Å². The lowest BCUT2D eigenvalue weighted by atomic mass is 10.1. The van der Waals surface area contributed by atoms with Crippen molar-refractivity contribution in [1.29, 1.82) is 0 Å². The number of carbonyl (C=O) groups excluding carboxylic acids is 2. The number of nitrogens with one attached hydrogen (secondary N) is 2. The molecule has 0 aliphatic heterocycles. The van der Waals surface area contributed by atoms with E-state index in [9.17, 15) is 9.59 Å². The number of primary amides is 1. The number of amides is 2. The van der Waals surface area contributed by atoms with Crippen LogP contribution in [0.1, 0.15) is 22.3 Å². The van der Waals surface area contributed by atoms with Crippen molar-refractivity contribution in [2.45, 2.75) is 25.9 Å². The van der Waals surface area contributed by atoms with E-state index in [2.05, 4.69) is 15.3 Å². The molecule has 152 valence electrons.